The van der Waals surface area contributed by atoms with Crippen molar-refractivity contribution in [3.63, 3.8) is 0 Å². The Morgan fingerprint density at radius 3 is 1.76 bits per heavy atom. The number of nitrogens with one attached hydrogen (secondary N) is 1. The van der Waals surface area contributed by atoms with Gasteiger partial charge in [0.15, 0.2) is 0 Å². The molecule has 1 aromatic rings. The predicted octanol–water partition coefficient (Wildman–Crippen LogP) is 0.874. The molecular weight excluding hydrogens is 254 g/mol. The molecule has 0 amide bonds. The number of hydrogen-bond acceptors (Lipinski definition) is 6. The molecule has 9 nitrogen and oxygen atoms in total. The summed E-state index contributed by atoms with van der Waals surface area (Å²) in [5.41, 5.74) is -1.36. The van der Waals surface area contributed by atoms with Gasteiger partial charge in [-0.3, -0.25) is 25.0 Å². The van der Waals surface area contributed by atoms with Crippen molar-refractivity contribution in [2.75, 3.05) is 11.0 Å². The molecule has 0 saturated heterocycles. The largest absolute Gasteiger partial charge is 0.283 e. The lowest BCUT2D eigenvalue weighted by molar-refractivity contribution is -0.394. The molecule has 0 bridgehead atoms. The summed E-state index contributed by atoms with van der Waals surface area (Å²) in [6.45, 7) is 0. The zero-order valence-electron chi connectivity index (χ0n) is 8.48. The van der Waals surface area contributed by atoms with Gasteiger partial charge in [0, 0.05) is 12.1 Å². The van der Waals surface area contributed by atoms with E-state index < -0.39 is 31.2 Å². The number of sulfonamides is 1. The van der Waals surface area contributed by atoms with Crippen LogP contribution >= 0.6 is 0 Å². The van der Waals surface area contributed by atoms with Crippen LogP contribution < -0.4 is 4.72 Å². The number of nitrogens with zero attached hydrogens (tertiary/aromatic N) is 2. The lowest BCUT2D eigenvalue weighted by Crippen LogP contribution is -2.10. The van der Waals surface area contributed by atoms with Crippen molar-refractivity contribution in [1.82, 2.24) is 0 Å². The molecule has 0 heterocycles. The van der Waals surface area contributed by atoms with Crippen LogP contribution in [0.1, 0.15) is 0 Å². The maximum absolute atomic E-state index is 10.9. The van der Waals surface area contributed by atoms with Gasteiger partial charge in [0.05, 0.1) is 27.9 Å². The summed E-state index contributed by atoms with van der Waals surface area (Å²) < 4.78 is 23.8. The second-order valence-corrected chi connectivity index (χ2v) is 4.87. The molecule has 0 fully saturated rings. The van der Waals surface area contributed by atoms with Crippen LogP contribution in [0.15, 0.2) is 18.2 Å². The summed E-state index contributed by atoms with van der Waals surface area (Å²) in [6.07, 6.45) is 0.831. The molecule has 1 rings (SSSR count). The molecule has 92 valence electrons. The van der Waals surface area contributed by atoms with Gasteiger partial charge in [-0.05, 0) is 0 Å². The van der Waals surface area contributed by atoms with Gasteiger partial charge in [-0.25, -0.2) is 8.42 Å². The molecule has 0 spiro atoms. The minimum atomic E-state index is -3.66. The molecule has 1 N–H and O–H groups in total. The predicted molar refractivity (Wildman–Crippen MR) is 58.2 cm³/mol. The molecule has 0 aliphatic rings. The Morgan fingerprint density at radius 2 is 1.47 bits per heavy atom. The van der Waals surface area contributed by atoms with E-state index in [1.807, 2.05) is 4.72 Å². The van der Waals surface area contributed by atoms with Gasteiger partial charge >= 0.3 is 0 Å². The van der Waals surface area contributed by atoms with E-state index in [1.54, 1.807) is 0 Å². The number of benzene rings is 1. The van der Waals surface area contributed by atoms with Crippen LogP contribution in [0, 0.1) is 20.2 Å². The van der Waals surface area contributed by atoms with Crippen LogP contribution in [0.2, 0.25) is 0 Å². The highest BCUT2D eigenvalue weighted by Crippen LogP contribution is 2.26. The summed E-state index contributed by atoms with van der Waals surface area (Å²) in [7, 11) is -3.66. The molecule has 17 heavy (non-hydrogen) atoms. The Morgan fingerprint density at radius 1 is 1.06 bits per heavy atom. The molecule has 1 aromatic carbocycles. The highest BCUT2D eigenvalue weighted by atomic mass is 32.2. The molecule has 0 aliphatic heterocycles. The average Bonchev–Trinajstić information content (AvgIpc) is 2.14. The van der Waals surface area contributed by atoms with E-state index in [4.69, 9.17) is 0 Å². The van der Waals surface area contributed by atoms with E-state index in [9.17, 15) is 28.6 Å². The minimum absolute atomic E-state index is 0.228. The summed E-state index contributed by atoms with van der Waals surface area (Å²) in [5.74, 6) is 0. The average molecular weight is 261 g/mol. The SMILES string of the molecule is CS(=O)(=O)Nc1cc([N+](=O)[O-])cc([N+](=O)[O-])c1. The van der Waals surface area contributed by atoms with Crippen molar-refractivity contribution in [1.29, 1.82) is 0 Å². The minimum Gasteiger partial charge on any atom is -0.283 e. The van der Waals surface area contributed by atoms with E-state index in [1.165, 1.54) is 0 Å². The Bertz CT molecular complexity index is 549. The van der Waals surface area contributed by atoms with Crippen LogP contribution in [0.25, 0.3) is 0 Å². The van der Waals surface area contributed by atoms with E-state index in [2.05, 4.69) is 0 Å². The molecule has 0 aromatic heterocycles. The van der Waals surface area contributed by atoms with E-state index in [0.717, 1.165) is 24.5 Å². The van der Waals surface area contributed by atoms with Crippen molar-refractivity contribution in [3.05, 3.63) is 38.4 Å². The summed E-state index contributed by atoms with van der Waals surface area (Å²) in [4.78, 5) is 19.3. The smallest absolute Gasteiger partial charge is 0.278 e. The number of nitro groups is 2. The molecule has 0 saturated carbocycles. The van der Waals surface area contributed by atoms with E-state index >= 15 is 0 Å². The monoisotopic (exact) mass is 261 g/mol. The number of rotatable bonds is 4. The standard InChI is InChI=1S/C7H7N3O6S/c1-17(15,16)8-5-2-6(9(11)12)4-7(3-5)10(13)14/h2-4,8H,1H3. The van der Waals surface area contributed by atoms with Crippen molar-refractivity contribution in [3.8, 4) is 0 Å². The van der Waals surface area contributed by atoms with Crippen LogP contribution in [0.3, 0.4) is 0 Å². The first-order valence-corrected chi connectivity index (χ1v) is 6.00. The molecule has 10 heteroatoms. The van der Waals surface area contributed by atoms with Gasteiger partial charge in [0.2, 0.25) is 10.0 Å². The number of non-ortho nitro benzene ring substituents is 2. The zero-order valence-corrected chi connectivity index (χ0v) is 9.30. The Balaban J connectivity index is 3.31. The van der Waals surface area contributed by atoms with Crippen LogP contribution in [0.5, 0.6) is 0 Å². The van der Waals surface area contributed by atoms with Crippen molar-refractivity contribution in [2.45, 2.75) is 0 Å². The van der Waals surface area contributed by atoms with Crippen molar-refractivity contribution in [2.24, 2.45) is 0 Å². The second kappa shape index (κ2) is 4.33. The lowest BCUT2D eigenvalue weighted by Gasteiger charge is -2.03. The van der Waals surface area contributed by atoms with Gasteiger partial charge in [-0.1, -0.05) is 0 Å². The third-order valence-electron chi connectivity index (χ3n) is 1.63. The fourth-order valence-corrected chi connectivity index (χ4v) is 1.62. The summed E-state index contributed by atoms with van der Waals surface area (Å²) in [5, 5.41) is 21.0. The van der Waals surface area contributed by atoms with Gasteiger partial charge in [-0.15, -0.1) is 0 Å². The van der Waals surface area contributed by atoms with Gasteiger partial charge in [0.1, 0.15) is 0 Å². The van der Waals surface area contributed by atoms with Crippen molar-refractivity contribution >= 4 is 27.1 Å². The van der Waals surface area contributed by atoms with Gasteiger partial charge in [-0.2, -0.15) is 0 Å². The first-order chi connectivity index (χ1) is 7.69. The highest BCUT2D eigenvalue weighted by molar-refractivity contribution is 7.92. The quantitative estimate of drug-likeness (QED) is 0.631. The van der Waals surface area contributed by atoms with Crippen LogP contribution in [0.4, 0.5) is 17.1 Å². The summed E-state index contributed by atoms with van der Waals surface area (Å²) in [6, 6.07) is 2.54. The highest BCUT2D eigenvalue weighted by Gasteiger charge is 2.17. The second-order valence-electron chi connectivity index (χ2n) is 3.13. The van der Waals surface area contributed by atoms with Crippen molar-refractivity contribution < 1.29 is 18.3 Å². The normalized spacial score (nSPS) is 10.9. The molecule has 0 atom stereocenters. The number of anilines is 1. The Labute approximate surface area is 95.4 Å². The maximum atomic E-state index is 10.9. The summed E-state index contributed by atoms with van der Waals surface area (Å²) >= 11 is 0. The van der Waals surface area contributed by atoms with E-state index in [0.29, 0.717) is 0 Å². The molecule has 0 unspecified atom stereocenters. The third-order valence-corrected chi connectivity index (χ3v) is 2.23. The third kappa shape index (κ3) is 3.68. The van der Waals surface area contributed by atoms with Gasteiger partial charge in [0.25, 0.3) is 11.4 Å². The molecule has 0 radical (unpaired) electrons. The first kappa shape index (κ1) is 12.8. The zero-order chi connectivity index (χ0) is 13.2. The number of hydrogen-bond donors (Lipinski definition) is 1. The van der Waals surface area contributed by atoms with E-state index in [-0.39, 0.29) is 5.69 Å². The Kier molecular flexibility index (Phi) is 3.27. The lowest BCUT2D eigenvalue weighted by atomic mass is 10.2. The fraction of sp³-hybridized carbons (Fsp3) is 0.143. The van der Waals surface area contributed by atoms with Crippen LogP contribution in [-0.2, 0) is 10.0 Å². The maximum Gasteiger partial charge on any atom is 0.278 e. The fourth-order valence-electron chi connectivity index (χ4n) is 1.08. The Hall–Kier alpha value is -2.23. The number of nitro benzene ring substituents is 2. The van der Waals surface area contributed by atoms with Crippen LogP contribution in [-0.4, -0.2) is 24.5 Å². The molecular formula is C7H7N3O6S. The first-order valence-electron chi connectivity index (χ1n) is 4.11. The topological polar surface area (TPSA) is 132 Å². The molecule has 0 aliphatic carbocycles. The van der Waals surface area contributed by atoms with Gasteiger partial charge < -0.3 is 0 Å².